The van der Waals surface area contributed by atoms with Crippen molar-refractivity contribution in [2.75, 3.05) is 5.32 Å². The molecule has 1 fully saturated rings. The van der Waals surface area contributed by atoms with E-state index in [-0.39, 0.29) is 0 Å². The normalized spacial score (nSPS) is 17.9. The summed E-state index contributed by atoms with van der Waals surface area (Å²) < 4.78 is 0. The van der Waals surface area contributed by atoms with E-state index in [2.05, 4.69) is 10.3 Å². The second kappa shape index (κ2) is 3.58. The number of nitrogens with one attached hydrogen (secondary N) is 1. The molecule has 2 N–H and O–H groups in total. The summed E-state index contributed by atoms with van der Waals surface area (Å²) in [4.78, 5) is 4.40. The summed E-state index contributed by atoms with van der Waals surface area (Å²) in [5.74, 6) is 0.925. The Labute approximate surface area is 84.2 Å². The molecule has 0 amide bonds. The van der Waals surface area contributed by atoms with E-state index < -0.39 is 6.10 Å². The second-order valence-electron chi connectivity index (χ2n) is 3.97. The van der Waals surface area contributed by atoms with Crippen LogP contribution in [-0.4, -0.2) is 16.1 Å². The van der Waals surface area contributed by atoms with Crippen LogP contribution in [0.3, 0.4) is 0 Å². The van der Waals surface area contributed by atoms with Gasteiger partial charge in [0.05, 0.1) is 6.10 Å². The molecule has 0 aliphatic heterocycles. The Balaban J connectivity index is 2.16. The number of aliphatic hydroxyl groups is 1. The zero-order valence-corrected chi connectivity index (χ0v) is 8.62. The maximum Gasteiger partial charge on any atom is 0.126 e. The lowest BCUT2D eigenvalue weighted by atomic mass is 10.1. The molecule has 1 atom stereocenters. The van der Waals surface area contributed by atoms with Crippen molar-refractivity contribution in [3.05, 3.63) is 23.4 Å². The number of pyridine rings is 1. The predicted molar refractivity (Wildman–Crippen MR) is 56.3 cm³/mol. The summed E-state index contributed by atoms with van der Waals surface area (Å²) in [7, 11) is 0. The van der Waals surface area contributed by atoms with Gasteiger partial charge in [0.1, 0.15) is 5.82 Å². The van der Waals surface area contributed by atoms with Crippen LogP contribution in [0.1, 0.15) is 37.1 Å². The number of anilines is 1. The maximum absolute atomic E-state index is 9.43. The van der Waals surface area contributed by atoms with Gasteiger partial charge in [-0.25, -0.2) is 4.98 Å². The molecular formula is C11H16N2O. The third-order valence-electron chi connectivity index (χ3n) is 2.51. The summed E-state index contributed by atoms with van der Waals surface area (Å²) in [6.07, 6.45) is 2.06. The lowest BCUT2D eigenvalue weighted by Gasteiger charge is -2.10. The average Bonchev–Trinajstić information content (AvgIpc) is 2.87. The minimum absolute atomic E-state index is 0.433. The molecule has 0 unspecified atom stereocenters. The highest BCUT2D eigenvalue weighted by atomic mass is 16.3. The first kappa shape index (κ1) is 9.46. The van der Waals surface area contributed by atoms with E-state index in [9.17, 15) is 5.11 Å². The van der Waals surface area contributed by atoms with Gasteiger partial charge in [0.15, 0.2) is 0 Å². The molecule has 0 aromatic carbocycles. The van der Waals surface area contributed by atoms with Crippen LogP contribution < -0.4 is 5.32 Å². The summed E-state index contributed by atoms with van der Waals surface area (Å²) in [6, 6.07) is 4.50. The van der Waals surface area contributed by atoms with E-state index in [0.29, 0.717) is 6.04 Å². The molecule has 1 aliphatic rings. The Bertz CT molecular complexity index is 332. The van der Waals surface area contributed by atoms with Crippen LogP contribution in [0.25, 0.3) is 0 Å². The van der Waals surface area contributed by atoms with Crippen molar-refractivity contribution in [1.82, 2.24) is 4.98 Å². The van der Waals surface area contributed by atoms with Crippen LogP contribution in [0.15, 0.2) is 12.1 Å². The van der Waals surface area contributed by atoms with Crippen molar-refractivity contribution in [3.8, 4) is 0 Å². The van der Waals surface area contributed by atoms with Crippen molar-refractivity contribution < 1.29 is 5.11 Å². The molecule has 3 heteroatoms. The molecule has 3 nitrogen and oxygen atoms in total. The van der Waals surface area contributed by atoms with E-state index >= 15 is 0 Å². The van der Waals surface area contributed by atoms with Gasteiger partial charge in [-0.15, -0.1) is 0 Å². The fourth-order valence-electron chi connectivity index (χ4n) is 1.53. The van der Waals surface area contributed by atoms with Gasteiger partial charge in [0, 0.05) is 17.3 Å². The van der Waals surface area contributed by atoms with Crippen LogP contribution in [0.2, 0.25) is 0 Å². The van der Waals surface area contributed by atoms with Crippen LogP contribution in [0.5, 0.6) is 0 Å². The molecule has 1 aliphatic carbocycles. The first-order chi connectivity index (χ1) is 6.66. The highest BCUT2D eigenvalue weighted by Gasteiger charge is 2.21. The molecule has 1 saturated carbocycles. The SMILES string of the molecule is Cc1nc(NC2CC2)ccc1[C@H](C)O. The molecule has 1 heterocycles. The van der Waals surface area contributed by atoms with Crippen molar-refractivity contribution in [1.29, 1.82) is 0 Å². The summed E-state index contributed by atoms with van der Waals surface area (Å²) in [5, 5.41) is 12.8. The first-order valence-corrected chi connectivity index (χ1v) is 5.09. The van der Waals surface area contributed by atoms with Crippen molar-refractivity contribution in [3.63, 3.8) is 0 Å². The van der Waals surface area contributed by atoms with Gasteiger partial charge in [-0.05, 0) is 32.8 Å². The topological polar surface area (TPSA) is 45.2 Å². The Hall–Kier alpha value is -1.09. The number of nitrogens with zero attached hydrogens (tertiary/aromatic N) is 1. The van der Waals surface area contributed by atoms with E-state index in [1.54, 1.807) is 6.92 Å². The summed E-state index contributed by atoms with van der Waals surface area (Å²) in [6.45, 7) is 3.69. The van der Waals surface area contributed by atoms with Gasteiger partial charge >= 0.3 is 0 Å². The van der Waals surface area contributed by atoms with E-state index in [0.717, 1.165) is 17.1 Å². The zero-order valence-electron chi connectivity index (χ0n) is 8.62. The Morgan fingerprint density at radius 3 is 2.71 bits per heavy atom. The van der Waals surface area contributed by atoms with Gasteiger partial charge in [-0.3, -0.25) is 0 Å². The molecule has 14 heavy (non-hydrogen) atoms. The molecule has 0 saturated heterocycles. The van der Waals surface area contributed by atoms with Gasteiger partial charge in [-0.1, -0.05) is 6.07 Å². The molecule has 0 spiro atoms. The van der Waals surface area contributed by atoms with Crippen molar-refractivity contribution >= 4 is 5.82 Å². The third kappa shape index (κ3) is 2.04. The van der Waals surface area contributed by atoms with Crippen molar-refractivity contribution in [2.24, 2.45) is 0 Å². The van der Waals surface area contributed by atoms with E-state index in [4.69, 9.17) is 0 Å². The van der Waals surface area contributed by atoms with E-state index in [1.807, 2.05) is 19.1 Å². The molecule has 1 aromatic heterocycles. The first-order valence-electron chi connectivity index (χ1n) is 5.09. The molecule has 0 bridgehead atoms. The Morgan fingerprint density at radius 2 is 2.21 bits per heavy atom. The smallest absolute Gasteiger partial charge is 0.126 e. The van der Waals surface area contributed by atoms with Gasteiger partial charge in [0.25, 0.3) is 0 Å². The minimum atomic E-state index is -0.433. The quantitative estimate of drug-likeness (QED) is 0.770. The Morgan fingerprint density at radius 1 is 1.50 bits per heavy atom. The summed E-state index contributed by atoms with van der Waals surface area (Å²) >= 11 is 0. The maximum atomic E-state index is 9.43. The lowest BCUT2D eigenvalue weighted by molar-refractivity contribution is 0.198. The monoisotopic (exact) mass is 192 g/mol. The number of aryl methyl sites for hydroxylation is 1. The summed E-state index contributed by atoms with van der Waals surface area (Å²) in [5.41, 5.74) is 1.82. The molecule has 2 rings (SSSR count). The number of aliphatic hydroxyl groups excluding tert-OH is 1. The standard InChI is InChI=1S/C11H16N2O/c1-7-10(8(2)14)5-6-11(12-7)13-9-3-4-9/h5-6,8-9,14H,3-4H2,1-2H3,(H,12,13)/t8-/m0/s1. The molecule has 1 aromatic rings. The minimum Gasteiger partial charge on any atom is -0.389 e. The van der Waals surface area contributed by atoms with Gasteiger partial charge < -0.3 is 10.4 Å². The predicted octanol–water partition coefficient (Wildman–Crippen LogP) is 2.02. The highest BCUT2D eigenvalue weighted by Crippen LogP contribution is 2.25. The third-order valence-corrected chi connectivity index (χ3v) is 2.51. The largest absolute Gasteiger partial charge is 0.389 e. The van der Waals surface area contributed by atoms with Gasteiger partial charge in [0.2, 0.25) is 0 Å². The van der Waals surface area contributed by atoms with Crippen LogP contribution in [-0.2, 0) is 0 Å². The second-order valence-corrected chi connectivity index (χ2v) is 3.97. The number of rotatable bonds is 3. The number of hydrogen-bond donors (Lipinski definition) is 2. The van der Waals surface area contributed by atoms with Gasteiger partial charge in [-0.2, -0.15) is 0 Å². The van der Waals surface area contributed by atoms with Crippen molar-refractivity contribution in [2.45, 2.75) is 38.8 Å². The van der Waals surface area contributed by atoms with E-state index in [1.165, 1.54) is 12.8 Å². The van der Waals surface area contributed by atoms with Crippen LogP contribution >= 0.6 is 0 Å². The molecular weight excluding hydrogens is 176 g/mol. The Kier molecular flexibility index (Phi) is 2.42. The highest BCUT2D eigenvalue weighted by molar-refractivity contribution is 5.40. The number of hydrogen-bond acceptors (Lipinski definition) is 3. The fraction of sp³-hybridized carbons (Fsp3) is 0.545. The fourth-order valence-corrected chi connectivity index (χ4v) is 1.53. The average molecular weight is 192 g/mol. The van der Waals surface area contributed by atoms with Crippen LogP contribution in [0.4, 0.5) is 5.82 Å². The molecule has 76 valence electrons. The lowest BCUT2D eigenvalue weighted by Crippen LogP contribution is -2.05. The number of aromatic nitrogens is 1. The molecule has 0 radical (unpaired) electrons. The zero-order chi connectivity index (χ0) is 10.1. The van der Waals surface area contributed by atoms with Crippen LogP contribution in [0, 0.1) is 6.92 Å².